The summed E-state index contributed by atoms with van der Waals surface area (Å²) in [5.41, 5.74) is 1.01. The van der Waals surface area contributed by atoms with Crippen molar-refractivity contribution in [2.24, 2.45) is 0 Å². The van der Waals surface area contributed by atoms with Crippen LogP contribution in [0.25, 0.3) is 0 Å². The van der Waals surface area contributed by atoms with Crippen molar-refractivity contribution < 1.29 is 17.9 Å². The lowest BCUT2D eigenvalue weighted by atomic mass is 9.81. The molecule has 5 nitrogen and oxygen atoms in total. The lowest BCUT2D eigenvalue weighted by Crippen LogP contribution is -2.43. The third-order valence-electron chi connectivity index (χ3n) is 2.98. The molecule has 1 N–H and O–H groups in total. The number of benzene rings is 1. The quantitative estimate of drug-likeness (QED) is 0.881. The SMILES string of the molecule is CC(=O)NS(=O)(=O)c1ccc(C2(C)COC2)cc1. The van der Waals surface area contributed by atoms with Crippen LogP contribution in [0.3, 0.4) is 0 Å². The first-order valence-corrected chi connectivity index (χ1v) is 7.03. The Labute approximate surface area is 106 Å². The molecule has 1 aliphatic rings. The monoisotopic (exact) mass is 269 g/mol. The maximum absolute atomic E-state index is 11.7. The van der Waals surface area contributed by atoms with E-state index in [1.807, 2.05) is 4.72 Å². The average molecular weight is 269 g/mol. The smallest absolute Gasteiger partial charge is 0.264 e. The molecule has 0 unspecified atom stereocenters. The third-order valence-corrected chi connectivity index (χ3v) is 4.43. The number of hydrogen-bond donors (Lipinski definition) is 1. The van der Waals surface area contributed by atoms with Gasteiger partial charge in [0.1, 0.15) is 0 Å². The Morgan fingerprint density at radius 3 is 2.22 bits per heavy atom. The van der Waals surface area contributed by atoms with Gasteiger partial charge in [-0.2, -0.15) is 0 Å². The highest BCUT2D eigenvalue weighted by Crippen LogP contribution is 2.31. The summed E-state index contributed by atoms with van der Waals surface area (Å²) in [6.45, 7) is 4.52. The highest BCUT2D eigenvalue weighted by Gasteiger charge is 2.35. The highest BCUT2D eigenvalue weighted by atomic mass is 32.2. The summed E-state index contributed by atoms with van der Waals surface area (Å²) < 4.78 is 30.6. The zero-order valence-corrected chi connectivity index (χ0v) is 11.1. The predicted octanol–water partition coefficient (Wildman–Crippen LogP) is 0.799. The molecule has 0 bridgehead atoms. The maximum atomic E-state index is 11.7. The highest BCUT2D eigenvalue weighted by molar-refractivity contribution is 7.90. The summed E-state index contributed by atoms with van der Waals surface area (Å²) in [5, 5.41) is 0. The molecule has 1 fully saturated rings. The molecule has 1 aliphatic heterocycles. The fourth-order valence-corrected chi connectivity index (χ4v) is 2.85. The molecule has 0 radical (unpaired) electrons. The van der Waals surface area contributed by atoms with Crippen molar-refractivity contribution in [3.8, 4) is 0 Å². The van der Waals surface area contributed by atoms with E-state index >= 15 is 0 Å². The minimum Gasteiger partial charge on any atom is -0.379 e. The molecule has 0 aromatic heterocycles. The number of carbonyl (C=O) groups excluding carboxylic acids is 1. The van der Waals surface area contributed by atoms with Crippen molar-refractivity contribution in [1.82, 2.24) is 4.72 Å². The Morgan fingerprint density at radius 1 is 1.28 bits per heavy atom. The van der Waals surface area contributed by atoms with Gasteiger partial charge in [-0.15, -0.1) is 0 Å². The number of hydrogen-bond acceptors (Lipinski definition) is 4. The molecule has 18 heavy (non-hydrogen) atoms. The van der Waals surface area contributed by atoms with E-state index in [0.29, 0.717) is 13.2 Å². The number of nitrogens with one attached hydrogen (secondary N) is 1. The van der Waals surface area contributed by atoms with E-state index in [1.54, 1.807) is 12.1 Å². The zero-order chi connectivity index (χ0) is 13.4. The Kier molecular flexibility index (Phi) is 3.16. The van der Waals surface area contributed by atoms with Gasteiger partial charge >= 0.3 is 0 Å². The van der Waals surface area contributed by atoms with E-state index in [-0.39, 0.29) is 10.3 Å². The summed E-state index contributed by atoms with van der Waals surface area (Å²) in [7, 11) is -3.74. The summed E-state index contributed by atoms with van der Waals surface area (Å²) >= 11 is 0. The summed E-state index contributed by atoms with van der Waals surface area (Å²) in [4.78, 5) is 10.9. The van der Waals surface area contributed by atoms with Crippen molar-refractivity contribution in [3.63, 3.8) is 0 Å². The summed E-state index contributed by atoms with van der Waals surface area (Å²) in [6.07, 6.45) is 0. The number of ether oxygens (including phenoxy) is 1. The van der Waals surface area contributed by atoms with Gasteiger partial charge in [-0.05, 0) is 17.7 Å². The molecule has 0 saturated carbocycles. The Bertz CT molecular complexity index is 558. The van der Waals surface area contributed by atoms with Gasteiger partial charge in [0.25, 0.3) is 10.0 Å². The molecule has 1 aromatic rings. The van der Waals surface area contributed by atoms with Gasteiger partial charge in [0.05, 0.1) is 18.1 Å². The van der Waals surface area contributed by atoms with Crippen LogP contribution in [0.5, 0.6) is 0 Å². The molecule has 0 atom stereocenters. The van der Waals surface area contributed by atoms with Gasteiger partial charge in [0.15, 0.2) is 0 Å². The van der Waals surface area contributed by atoms with E-state index in [0.717, 1.165) is 5.56 Å². The maximum Gasteiger partial charge on any atom is 0.264 e. The Hall–Kier alpha value is -1.40. The second kappa shape index (κ2) is 4.37. The van der Waals surface area contributed by atoms with Crippen molar-refractivity contribution >= 4 is 15.9 Å². The molecule has 2 rings (SSSR count). The predicted molar refractivity (Wildman–Crippen MR) is 65.6 cm³/mol. The van der Waals surface area contributed by atoms with Gasteiger partial charge in [-0.25, -0.2) is 13.1 Å². The van der Waals surface area contributed by atoms with Crippen LogP contribution in [0.15, 0.2) is 29.2 Å². The Balaban J connectivity index is 2.25. The van der Waals surface area contributed by atoms with Gasteiger partial charge in [-0.3, -0.25) is 4.79 Å². The van der Waals surface area contributed by atoms with Crippen molar-refractivity contribution in [2.45, 2.75) is 24.2 Å². The normalized spacial score (nSPS) is 17.9. The molecular formula is C12H15NO4S. The number of sulfonamides is 1. The van der Waals surface area contributed by atoms with Crippen LogP contribution < -0.4 is 4.72 Å². The van der Waals surface area contributed by atoms with Crippen molar-refractivity contribution in [1.29, 1.82) is 0 Å². The molecule has 0 aliphatic carbocycles. The van der Waals surface area contributed by atoms with Gasteiger partial charge in [0, 0.05) is 12.3 Å². The van der Waals surface area contributed by atoms with Crippen LogP contribution in [-0.4, -0.2) is 27.5 Å². The minimum absolute atomic E-state index is 0.0315. The zero-order valence-electron chi connectivity index (χ0n) is 10.3. The first kappa shape index (κ1) is 13.0. The molecule has 1 heterocycles. The molecular weight excluding hydrogens is 254 g/mol. The molecule has 98 valence electrons. The first-order valence-electron chi connectivity index (χ1n) is 5.55. The average Bonchev–Trinajstić information content (AvgIpc) is 2.24. The topological polar surface area (TPSA) is 72.5 Å². The van der Waals surface area contributed by atoms with Gasteiger partial charge in [0.2, 0.25) is 5.91 Å². The molecule has 1 aromatic carbocycles. The number of amides is 1. The summed E-state index contributed by atoms with van der Waals surface area (Å²) in [5.74, 6) is -0.599. The summed E-state index contributed by atoms with van der Waals surface area (Å²) in [6, 6.07) is 6.53. The van der Waals surface area contributed by atoms with E-state index < -0.39 is 15.9 Å². The van der Waals surface area contributed by atoms with Gasteiger partial charge in [-0.1, -0.05) is 19.1 Å². The van der Waals surface area contributed by atoms with Crippen LogP contribution in [-0.2, 0) is 25.0 Å². The lowest BCUT2D eigenvalue weighted by Gasteiger charge is -2.38. The van der Waals surface area contributed by atoms with Crippen molar-refractivity contribution in [2.75, 3.05) is 13.2 Å². The standard InChI is InChI=1S/C12H15NO4S/c1-9(14)13-18(15,16)11-5-3-10(4-6-11)12(2)7-17-8-12/h3-6H,7-8H2,1-2H3,(H,13,14). The third kappa shape index (κ3) is 2.39. The minimum atomic E-state index is -3.74. The number of carbonyl (C=O) groups is 1. The van der Waals surface area contributed by atoms with Crippen LogP contribution in [0.2, 0.25) is 0 Å². The first-order chi connectivity index (χ1) is 8.33. The number of rotatable bonds is 3. The largest absolute Gasteiger partial charge is 0.379 e. The molecule has 0 spiro atoms. The fourth-order valence-electron chi connectivity index (χ4n) is 1.86. The van der Waals surface area contributed by atoms with Gasteiger partial charge < -0.3 is 4.74 Å². The lowest BCUT2D eigenvalue weighted by molar-refractivity contribution is -0.117. The van der Waals surface area contributed by atoms with Crippen LogP contribution >= 0.6 is 0 Å². The molecule has 1 saturated heterocycles. The van der Waals surface area contributed by atoms with E-state index in [1.165, 1.54) is 19.1 Å². The molecule has 1 amide bonds. The second-order valence-corrected chi connectivity index (χ2v) is 6.42. The van der Waals surface area contributed by atoms with Crippen LogP contribution in [0.4, 0.5) is 0 Å². The Morgan fingerprint density at radius 2 is 1.83 bits per heavy atom. The van der Waals surface area contributed by atoms with Crippen LogP contribution in [0.1, 0.15) is 19.4 Å². The molecule has 6 heteroatoms. The van der Waals surface area contributed by atoms with E-state index in [4.69, 9.17) is 4.74 Å². The van der Waals surface area contributed by atoms with E-state index in [2.05, 4.69) is 6.92 Å². The van der Waals surface area contributed by atoms with Crippen LogP contribution in [0, 0.1) is 0 Å². The van der Waals surface area contributed by atoms with E-state index in [9.17, 15) is 13.2 Å². The van der Waals surface area contributed by atoms with Crippen molar-refractivity contribution in [3.05, 3.63) is 29.8 Å². The fraction of sp³-hybridized carbons (Fsp3) is 0.417. The second-order valence-electron chi connectivity index (χ2n) is 4.74.